The molecule has 0 spiro atoms. The van der Waals surface area contributed by atoms with Crippen molar-refractivity contribution in [2.45, 2.75) is 26.3 Å². The third kappa shape index (κ3) is 6.33. The number of carbonyl (C=O) groups excluding carboxylic acids is 2. The van der Waals surface area contributed by atoms with Crippen molar-refractivity contribution < 1.29 is 9.59 Å². The summed E-state index contributed by atoms with van der Waals surface area (Å²) in [6.07, 6.45) is 0.216. The topological polar surface area (TPSA) is 58.2 Å². The van der Waals surface area contributed by atoms with Gasteiger partial charge in [-0.05, 0) is 13.5 Å². The number of ketones is 1. The van der Waals surface area contributed by atoms with Gasteiger partial charge in [0.05, 0.1) is 12.0 Å². The molecule has 0 aliphatic carbocycles. The van der Waals surface area contributed by atoms with E-state index in [0.29, 0.717) is 24.6 Å². The average Bonchev–Trinajstić information content (AvgIpc) is 2.32. The molecule has 100 valence electrons. The molecule has 0 aliphatic rings. The van der Waals surface area contributed by atoms with Gasteiger partial charge in [0.2, 0.25) is 5.91 Å². The second-order valence-electron chi connectivity index (χ2n) is 3.74. The smallest absolute Gasteiger partial charge is 0.224 e. The molecule has 0 bridgehead atoms. The largest absolute Gasteiger partial charge is 0.356 e. The van der Waals surface area contributed by atoms with E-state index in [4.69, 9.17) is 0 Å². The highest BCUT2D eigenvalue weighted by Gasteiger charge is 2.24. The van der Waals surface area contributed by atoms with Gasteiger partial charge in [-0.1, -0.05) is 6.92 Å². The van der Waals surface area contributed by atoms with E-state index in [1.807, 2.05) is 13.8 Å². The number of nitrogens with one attached hydrogen (secondary N) is 2. The summed E-state index contributed by atoms with van der Waals surface area (Å²) >= 11 is 8.25. The van der Waals surface area contributed by atoms with Crippen LogP contribution in [0.2, 0.25) is 0 Å². The highest BCUT2D eigenvalue weighted by atomic mass is 32.1. The molecule has 0 aromatic carbocycles. The van der Waals surface area contributed by atoms with Crippen LogP contribution in [0.25, 0.3) is 0 Å². The van der Waals surface area contributed by atoms with Gasteiger partial charge in [0.1, 0.15) is 0 Å². The Morgan fingerprint density at radius 2 is 1.76 bits per heavy atom. The second-order valence-corrected chi connectivity index (χ2v) is 4.47. The quantitative estimate of drug-likeness (QED) is 0.466. The minimum absolute atomic E-state index is 0.0205. The highest BCUT2D eigenvalue weighted by molar-refractivity contribution is 7.80. The molecule has 2 atom stereocenters. The molecule has 0 heterocycles. The summed E-state index contributed by atoms with van der Waals surface area (Å²) in [7, 11) is 0. The lowest BCUT2D eigenvalue weighted by molar-refractivity contribution is -0.129. The maximum absolute atomic E-state index is 11.9. The van der Waals surface area contributed by atoms with Gasteiger partial charge in [-0.25, -0.2) is 0 Å². The summed E-state index contributed by atoms with van der Waals surface area (Å²) in [6.45, 7) is 5.07. The van der Waals surface area contributed by atoms with E-state index >= 15 is 0 Å². The Morgan fingerprint density at radius 1 is 1.12 bits per heavy atom. The van der Waals surface area contributed by atoms with Gasteiger partial charge in [-0.2, -0.15) is 25.3 Å². The summed E-state index contributed by atoms with van der Waals surface area (Å²) in [6, 6.07) is -0.278. The number of thiol groups is 2. The van der Waals surface area contributed by atoms with E-state index in [1.165, 1.54) is 0 Å². The Hall–Kier alpha value is -0.200. The van der Waals surface area contributed by atoms with Crippen LogP contribution >= 0.6 is 25.3 Å². The lowest BCUT2D eigenvalue weighted by Crippen LogP contribution is -2.41. The molecule has 0 aromatic rings. The van der Waals surface area contributed by atoms with Crippen LogP contribution < -0.4 is 10.6 Å². The normalized spacial score (nSPS) is 14.1. The zero-order valence-electron chi connectivity index (χ0n) is 10.4. The molecule has 0 saturated carbocycles. The van der Waals surface area contributed by atoms with Gasteiger partial charge in [0, 0.05) is 24.5 Å². The Bertz CT molecular complexity index is 250. The van der Waals surface area contributed by atoms with Gasteiger partial charge >= 0.3 is 0 Å². The number of carbonyl (C=O) groups is 2. The molecule has 0 radical (unpaired) electrons. The summed E-state index contributed by atoms with van der Waals surface area (Å²) < 4.78 is 0. The fourth-order valence-corrected chi connectivity index (χ4v) is 2.10. The lowest BCUT2D eigenvalue weighted by Gasteiger charge is -2.18. The fraction of sp³-hybridized carbons (Fsp3) is 0.818. The molecule has 0 saturated heterocycles. The number of rotatable bonds is 9. The Balaban J connectivity index is 4.35. The van der Waals surface area contributed by atoms with E-state index in [1.54, 1.807) is 0 Å². The molecule has 0 unspecified atom stereocenters. The first-order chi connectivity index (χ1) is 8.10. The van der Waals surface area contributed by atoms with Gasteiger partial charge < -0.3 is 10.6 Å². The predicted molar refractivity (Wildman–Crippen MR) is 77.0 cm³/mol. The third-order valence-electron chi connectivity index (χ3n) is 2.41. The highest BCUT2D eigenvalue weighted by Crippen LogP contribution is 2.09. The van der Waals surface area contributed by atoms with Crippen LogP contribution in [0.1, 0.15) is 20.3 Å². The fourth-order valence-electron chi connectivity index (χ4n) is 1.47. The number of amides is 1. The standard InChI is InChI=1S/C11H22N2O2S2/c1-3-12-9(7-17)10(14)5-8(6-16)11(15)13-4-2/h8-9,12,16-17H,3-7H2,1-2H3,(H,13,15)/t8-,9+/m1/s1. The van der Waals surface area contributed by atoms with Gasteiger partial charge in [-0.15, -0.1) is 0 Å². The molecule has 1 amide bonds. The maximum atomic E-state index is 11.9. The zero-order valence-corrected chi connectivity index (χ0v) is 12.2. The molecule has 2 N–H and O–H groups in total. The molecule has 0 fully saturated rings. The van der Waals surface area contributed by atoms with Gasteiger partial charge in [-0.3, -0.25) is 9.59 Å². The number of hydrogen-bond acceptors (Lipinski definition) is 5. The number of likely N-dealkylation sites (N-methyl/N-ethyl adjacent to an activating group) is 1. The van der Waals surface area contributed by atoms with Crippen molar-refractivity contribution in [3.63, 3.8) is 0 Å². The average molecular weight is 278 g/mol. The monoisotopic (exact) mass is 278 g/mol. The van der Waals surface area contributed by atoms with Crippen LogP contribution in [0.15, 0.2) is 0 Å². The molecular weight excluding hydrogens is 256 g/mol. The van der Waals surface area contributed by atoms with Crippen molar-refractivity contribution in [3.8, 4) is 0 Å². The Kier molecular flexibility index (Phi) is 9.68. The Labute approximate surface area is 114 Å². The van der Waals surface area contributed by atoms with Crippen LogP contribution in [-0.2, 0) is 9.59 Å². The van der Waals surface area contributed by atoms with E-state index in [0.717, 1.165) is 0 Å². The molecule has 0 aromatic heterocycles. The van der Waals surface area contributed by atoms with Crippen LogP contribution in [0.3, 0.4) is 0 Å². The second kappa shape index (κ2) is 9.79. The van der Waals surface area contributed by atoms with Crippen LogP contribution in [0.4, 0.5) is 0 Å². The first-order valence-electron chi connectivity index (χ1n) is 5.86. The molecule has 6 heteroatoms. The van der Waals surface area contributed by atoms with Crippen molar-refractivity contribution in [1.29, 1.82) is 0 Å². The minimum Gasteiger partial charge on any atom is -0.356 e. The molecule has 0 aliphatic heterocycles. The maximum Gasteiger partial charge on any atom is 0.224 e. The van der Waals surface area contributed by atoms with Crippen molar-refractivity contribution >= 4 is 36.9 Å². The van der Waals surface area contributed by atoms with E-state index in [9.17, 15) is 9.59 Å². The summed E-state index contributed by atoms with van der Waals surface area (Å²) in [5.41, 5.74) is 0. The molecule has 4 nitrogen and oxygen atoms in total. The minimum atomic E-state index is -0.355. The summed E-state index contributed by atoms with van der Waals surface area (Å²) in [5, 5.41) is 5.76. The van der Waals surface area contributed by atoms with E-state index < -0.39 is 0 Å². The van der Waals surface area contributed by atoms with Crippen LogP contribution in [0, 0.1) is 5.92 Å². The first kappa shape index (κ1) is 16.8. The van der Waals surface area contributed by atoms with E-state index in [-0.39, 0.29) is 30.1 Å². The van der Waals surface area contributed by atoms with Gasteiger partial charge in [0.15, 0.2) is 5.78 Å². The van der Waals surface area contributed by atoms with Crippen molar-refractivity contribution in [1.82, 2.24) is 10.6 Å². The van der Waals surface area contributed by atoms with Crippen molar-refractivity contribution in [2.75, 3.05) is 24.6 Å². The van der Waals surface area contributed by atoms with Crippen molar-refractivity contribution in [3.05, 3.63) is 0 Å². The molecule has 17 heavy (non-hydrogen) atoms. The van der Waals surface area contributed by atoms with E-state index in [2.05, 4.69) is 35.9 Å². The molecular formula is C11H22N2O2S2. The van der Waals surface area contributed by atoms with Crippen LogP contribution in [-0.4, -0.2) is 42.3 Å². The SMILES string of the molecule is CCNC(=O)[C@@H](CS)CC(=O)[C@H](CS)NCC. The first-order valence-corrected chi connectivity index (χ1v) is 7.12. The van der Waals surface area contributed by atoms with Crippen LogP contribution in [0.5, 0.6) is 0 Å². The van der Waals surface area contributed by atoms with Crippen molar-refractivity contribution in [2.24, 2.45) is 5.92 Å². The summed E-state index contributed by atoms with van der Waals surface area (Å²) in [5.74, 6) is 0.383. The lowest BCUT2D eigenvalue weighted by atomic mass is 10.00. The summed E-state index contributed by atoms with van der Waals surface area (Å²) in [4.78, 5) is 23.5. The zero-order chi connectivity index (χ0) is 13.3. The molecule has 0 rings (SSSR count). The predicted octanol–water partition coefficient (Wildman–Crippen LogP) is 0.536. The number of hydrogen-bond donors (Lipinski definition) is 4. The third-order valence-corrected chi connectivity index (χ3v) is 3.22. The Morgan fingerprint density at radius 3 is 2.18 bits per heavy atom. The van der Waals surface area contributed by atoms with Gasteiger partial charge in [0.25, 0.3) is 0 Å². The number of Topliss-reactive ketones (excluding diaryl/α,β-unsaturated/α-hetero) is 1.